The lowest BCUT2D eigenvalue weighted by molar-refractivity contribution is -0.132. The van der Waals surface area contributed by atoms with Gasteiger partial charge >= 0.3 is 5.97 Å². The summed E-state index contributed by atoms with van der Waals surface area (Å²) in [5, 5.41) is 9.34. The lowest BCUT2D eigenvalue weighted by Gasteiger charge is -2.06. The number of hydrogen-bond acceptors (Lipinski definition) is 4. The molecule has 4 heteroatoms. The maximum Gasteiger partial charge on any atom is 0.308 e. The zero-order chi connectivity index (χ0) is 10.6. The molecule has 0 saturated heterocycles. The Bertz CT molecular complexity index is 336. The first-order valence-corrected chi connectivity index (χ1v) is 4.34. The lowest BCUT2D eigenvalue weighted by Crippen LogP contribution is -2.05. The van der Waals surface area contributed by atoms with Gasteiger partial charge in [-0.2, -0.15) is 0 Å². The Morgan fingerprint density at radius 3 is 2.86 bits per heavy atom. The standard InChI is InChI=1S/C10H13NO3/c1-7(12)14-10-6-8(4-5-11)2-3-9(10)13/h2-3,6,13H,4-5,11H2,1H3. The van der Waals surface area contributed by atoms with Crippen molar-refractivity contribution in [2.75, 3.05) is 6.54 Å². The topological polar surface area (TPSA) is 72.5 Å². The molecule has 0 radical (unpaired) electrons. The second-order valence-electron chi connectivity index (χ2n) is 2.93. The number of benzene rings is 1. The quantitative estimate of drug-likeness (QED) is 0.553. The normalized spacial score (nSPS) is 9.86. The van der Waals surface area contributed by atoms with Crippen molar-refractivity contribution < 1.29 is 14.6 Å². The molecule has 0 aliphatic carbocycles. The first-order valence-electron chi connectivity index (χ1n) is 4.34. The summed E-state index contributed by atoms with van der Waals surface area (Å²) in [7, 11) is 0. The molecule has 0 aliphatic rings. The van der Waals surface area contributed by atoms with Crippen molar-refractivity contribution in [1.29, 1.82) is 0 Å². The number of ether oxygens (including phenoxy) is 1. The van der Waals surface area contributed by atoms with Crippen LogP contribution >= 0.6 is 0 Å². The van der Waals surface area contributed by atoms with Gasteiger partial charge in [0.15, 0.2) is 11.5 Å². The number of phenols is 1. The maximum absolute atomic E-state index is 10.7. The Balaban J connectivity index is 2.90. The number of rotatable bonds is 3. The molecule has 14 heavy (non-hydrogen) atoms. The SMILES string of the molecule is CC(=O)Oc1cc(CCN)ccc1O. The summed E-state index contributed by atoms with van der Waals surface area (Å²) in [4.78, 5) is 10.7. The van der Waals surface area contributed by atoms with Gasteiger partial charge in [0.2, 0.25) is 0 Å². The van der Waals surface area contributed by atoms with Crippen LogP contribution in [0.5, 0.6) is 11.5 Å². The molecule has 0 heterocycles. The van der Waals surface area contributed by atoms with Gasteiger partial charge in [-0.1, -0.05) is 6.07 Å². The average Bonchev–Trinajstić information content (AvgIpc) is 2.10. The zero-order valence-corrected chi connectivity index (χ0v) is 7.99. The smallest absolute Gasteiger partial charge is 0.308 e. The Kier molecular flexibility index (Phi) is 3.48. The fourth-order valence-corrected chi connectivity index (χ4v) is 1.12. The summed E-state index contributed by atoms with van der Waals surface area (Å²) >= 11 is 0. The van der Waals surface area contributed by atoms with E-state index in [0.717, 1.165) is 5.56 Å². The minimum absolute atomic E-state index is 0.0408. The number of carbonyl (C=O) groups excluding carboxylic acids is 1. The van der Waals surface area contributed by atoms with Crippen LogP contribution in [-0.4, -0.2) is 17.6 Å². The first kappa shape index (κ1) is 10.5. The van der Waals surface area contributed by atoms with E-state index in [0.29, 0.717) is 13.0 Å². The largest absolute Gasteiger partial charge is 0.504 e. The molecule has 0 amide bonds. The van der Waals surface area contributed by atoms with E-state index in [1.54, 1.807) is 12.1 Å². The van der Waals surface area contributed by atoms with Crippen molar-refractivity contribution in [1.82, 2.24) is 0 Å². The van der Waals surface area contributed by atoms with Gasteiger partial charge < -0.3 is 15.6 Å². The van der Waals surface area contributed by atoms with Crippen molar-refractivity contribution >= 4 is 5.97 Å². The summed E-state index contributed by atoms with van der Waals surface area (Å²) in [5.74, 6) is -0.311. The number of carbonyl (C=O) groups is 1. The maximum atomic E-state index is 10.7. The molecule has 0 saturated carbocycles. The third kappa shape index (κ3) is 2.74. The van der Waals surface area contributed by atoms with E-state index < -0.39 is 5.97 Å². The number of aromatic hydroxyl groups is 1. The summed E-state index contributed by atoms with van der Waals surface area (Å²) in [6.07, 6.45) is 0.689. The fraction of sp³-hybridized carbons (Fsp3) is 0.300. The van der Waals surface area contributed by atoms with Gasteiger partial charge in [0, 0.05) is 6.92 Å². The van der Waals surface area contributed by atoms with E-state index in [4.69, 9.17) is 10.5 Å². The van der Waals surface area contributed by atoms with Crippen molar-refractivity contribution in [3.63, 3.8) is 0 Å². The number of phenolic OH excluding ortho intramolecular Hbond substituents is 1. The van der Waals surface area contributed by atoms with Crippen molar-refractivity contribution in [2.24, 2.45) is 5.73 Å². The van der Waals surface area contributed by atoms with Crippen molar-refractivity contribution in [3.8, 4) is 11.5 Å². The van der Waals surface area contributed by atoms with Gasteiger partial charge in [0.1, 0.15) is 0 Å². The van der Waals surface area contributed by atoms with Crippen LogP contribution in [0.3, 0.4) is 0 Å². The second kappa shape index (κ2) is 4.62. The highest BCUT2D eigenvalue weighted by Gasteiger charge is 2.05. The van der Waals surface area contributed by atoms with E-state index in [9.17, 15) is 9.90 Å². The van der Waals surface area contributed by atoms with E-state index in [-0.39, 0.29) is 11.5 Å². The van der Waals surface area contributed by atoms with Crippen molar-refractivity contribution in [3.05, 3.63) is 23.8 Å². The minimum atomic E-state index is -0.454. The summed E-state index contributed by atoms with van der Waals surface area (Å²) < 4.78 is 4.80. The van der Waals surface area contributed by atoms with Gasteiger partial charge in [0.25, 0.3) is 0 Å². The molecular formula is C10H13NO3. The van der Waals surface area contributed by atoms with Gasteiger partial charge in [0.05, 0.1) is 0 Å². The molecule has 0 atom stereocenters. The molecule has 1 aromatic rings. The Labute approximate surface area is 82.3 Å². The van der Waals surface area contributed by atoms with Gasteiger partial charge in [-0.25, -0.2) is 0 Å². The molecular weight excluding hydrogens is 182 g/mol. The van der Waals surface area contributed by atoms with Crippen LogP contribution in [0.1, 0.15) is 12.5 Å². The average molecular weight is 195 g/mol. The van der Waals surface area contributed by atoms with Gasteiger partial charge in [-0.05, 0) is 30.7 Å². The Morgan fingerprint density at radius 2 is 2.29 bits per heavy atom. The predicted octanol–water partition coefficient (Wildman–Crippen LogP) is 0.819. The van der Waals surface area contributed by atoms with Crippen LogP contribution in [0, 0.1) is 0 Å². The van der Waals surface area contributed by atoms with Crippen LogP contribution in [0.15, 0.2) is 18.2 Å². The summed E-state index contributed by atoms with van der Waals surface area (Å²) in [5.41, 5.74) is 6.31. The number of hydrogen-bond donors (Lipinski definition) is 2. The molecule has 0 bridgehead atoms. The van der Waals surface area contributed by atoms with E-state index in [2.05, 4.69) is 0 Å². The molecule has 3 N–H and O–H groups in total. The molecule has 0 aliphatic heterocycles. The molecule has 0 aromatic heterocycles. The number of nitrogens with two attached hydrogens (primary N) is 1. The highest BCUT2D eigenvalue weighted by atomic mass is 16.5. The minimum Gasteiger partial charge on any atom is -0.504 e. The zero-order valence-electron chi connectivity index (χ0n) is 7.99. The second-order valence-corrected chi connectivity index (χ2v) is 2.93. The molecule has 1 aromatic carbocycles. The summed E-state index contributed by atoms with van der Waals surface area (Å²) in [6, 6.07) is 4.85. The lowest BCUT2D eigenvalue weighted by atomic mass is 10.1. The van der Waals surface area contributed by atoms with Crippen LogP contribution in [0.2, 0.25) is 0 Å². The first-order chi connectivity index (χ1) is 6.63. The highest BCUT2D eigenvalue weighted by molar-refractivity contribution is 5.70. The Hall–Kier alpha value is -1.55. The van der Waals surface area contributed by atoms with Crippen LogP contribution in [-0.2, 0) is 11.2 Å². The van der Waals surface area contributed by atoms with Crippen molar-refractivity contribution in [2.45, 2.75) is 13.3 Å². The van der Waals surface area contributed by atoms with E-state index >= 15 is 0 Å². The van der Waals surface area contributed by atoms with Gasteiger partial charge in [-0.15, -0.1) is 0 Å². The van der Waals surface area contributed by atoms with E-state index in [1.807, 2.05) is 0 Å². The molecule has 0 fully saturated rings. The van der Waals surface area contributed by atoms with E-state index in [1.165, 1.54) is 13.0 Å². The molecule has 76 valence electrons. The van der Waals surface area contributed by atoms with Crippen LogP contribution in [0.4, 0.5) is 0 Å². The monoisotopic (exact) mass is 195 g/mol. The number of esters is 1. The Morgan fingerprint density at radius 1 is 1.57 bits per heavy atom. The van der Waals surface area contributed by atoms with Crippen LogP contribution in [0.25, 0.3) is 0 Å². The van der Waals surface area contributed by atoms with Gasteiger partial charge in [-0.3, -0.25) is 4.79 Å². The molecule has 0 spiro atoms. The highest BCUT2D eigenvalue weighted by Crippen LogP contribution is 2.26. The summed E-state index contributed by atoms with van der Waals surface area (Å²) in [6.45, 7) is 1.80. The van der Waals surface area contributed by atoms with Crippen LogP contribution < -0.4 is 10.5 Å². The molecule has 4 nitrogen and oxygen atoms in total. The molecule has 0 unspecified atom stereocenters. The third-order valence-electron chi connectivity index (χ3n) is 1.71. The predicted molar refractivity (Wildman–Crippen MR) is 52.2 cm³/mol. The third-order valence-corrected chi connectivity index (χ3v) is 1.71. The fourth-order valence-electron chi connectivity index (χ4n) is 1.12. The molecule has 1 rings (SSSR count).